The fourth-order valence-electron chi connectivity index (χ4n) is 4.04. The van der Waals surface area contributed by atoms with Crippen molar-refractivity contribution >= 4 is 5.71 Å². The maximum atomic E-state index is 4.93. The minimum Gasteiger partial charge on any atom is -0.282 e. The molecule has 0 N–H and O–H groups in total. The number of aliphatic imine (C=N–C) groups is 1. The summed E-state index contributed by atoms with van der Waals surface area (Å²) in [4.78, 5) is 4.93. The van der Waals surface area contributed by atoms with Crippen molar-refractivity contribution in [3.8, 4) is 0 Å². The number of nitrogens with zero attached hydrogens (tertiary/aromatic N) is 1. The molecule has 0 aromatic carbocycles. The van der Waals surface area contributed by atoms with Crippen LogP contribution < -0.4 is 0 Å². The fourth-order valence-corrected chi connectivity index (χ4v) is 4.04. The van der Waals surface area contributed by atoms with Crippen LogP contribution in [0.3, 0.4) is 0 Å². The van der Waals surface area contributed by atoms with Gasteiger partial charge in [0, 0.05) is 5.71 Å². The van der Waals surface area contributed by atoms with E-state index in [1.165, 1.54) is 24.8 Å². The van der Waals surface area contributed by atoms with Gasteiger partial charge in [0.05, 0.1) is 6.04 Å². The lowest BCUT2D eigenvalue weighted by Gasteiger charge is -2.46. The van der Waals surface area contributed by atoms with Crippen molar-refractivity contribution in [1.29, 1.82) is 0 Å². The van der Waals surface area contributed by atoms with Gasteiger partial charge in [-0.15, -0.1) is 0 Å². The van der Waals surface area contributed by atoms with E-state index in [9.17, 15) is 0 Å². The minimum absolute atomic E-state index is 0.344. The van der Waals surface area contributed by atoms with Crippen molar-refractivity contribution in [2.45, 2.75) is 73.8 Å². The molecule has 0 saturated heterocycles. The smallest absolute Gasteiger partial charge is 0.0723 e. The molecule has 0 aromatic heterocycles. The Bertz CT molecular complexity index is 492. The molecule has 0 bridgehead atoms. The van der Waals surface area contributed by atoms with Crippen LogP contribution in [-0.2, 0) is 0 Å². The molecule has 3 atom stereocenters. The van der Waals surface area contributed by atoms with Crippen LogP contribution >= 0.6 is 0 Å². The van der Waals surface area contributed by atoms with E-state index < -0.39 is 0 Å². The summed E-state index contributed by atoms with van der Waals surface area (Å²) in [5, 5.41) is 0. The van der Waals surface area contributed by atoms with Crippen LogP contribution in [0, 0.1) is 16.7 Å². The maximum absolute atomic E-state index is 4.93. The fraction of sp³-hybridized carbons (Fsp3) is 0.737. The molecular weight excluding hydrogens is 242 g/mol. The molecule has 1 aliphatic heterocycles. The third-order valence-electron chi connectivity index (χ3n) is 6.75. The Morgan fingerprint density at radius 1 is 1.40 bits per heavy atom. The lowest BCUT2D eigenvalue weighted by Crippen LogP contribution is -2.38. The van der Waals surface area contributed by atoms with Gasteiger partial charge in [0.15, 0.2) is 0 Å². The van der Waals surface area contributed by atoms with E-state index in [0.717, 1.165) is 17.2 Å². The lowest BCUT2D eigenvalue weighted by molar-refractivity contribution is 0.0358. The number of fused-ring (bicyclic) bond motifs is 1. The summed E-state index contributed by atoms with van der Waals surface area (Å²) in [6.07, 6.45) is 3.64. The van der Waals surface area contributed by atoms with Gasteiger partial charge in [0.25, 0.3) is 0 Å². The molecule has 112 valence electrons. The van der Waals surface area contributed by atoms with Gasteiger partial charge in [-0.3, -0.25) is 4.99 Å². The molecule has 0 radical (unpaired) electrons. The quantitative estimate of drug-likeness (QED) is 0.637. The molecule has 0 amide bonds. The number of rotatable bonds is 3. The standard InChI is InChI=1S/C19H31N/c1-9-12(2)18(6,7)19(8)10-16-14(4)13(3)15(5)20-17(16)11-19/h12,17H,3,9-11H2,1-2,4-8H3. The summed E-state index contributed by atoms with van der Waals surface area (Å²) in [5.41, 5.74) is 5.95. The summed E-state index contributed by atoms with van der Waals surface area (Å²) in [7, 11) is 0. The molecular formula is C19H31N. The van der Waals surface area contributed by atoms with Crippen LogP contribution in [0.15, 0.2) is 28.3 Å². The Labute approximate surface area is 125 Å². The van der Waals surface area contributed by atoms with E-state index in [1.807, 2.05) is 0 Å². The number of hydrogen-bond donors (Lipinski definition) is 0. The molecule has 2 rings (SSSR count). The van der Waals surface area contributed by atoms with Gasteiger partial charge in [0.1, 0.15) is 0 Å². The second-order valence-electron chi connectivity index (χ2n) is 7.83. The van der Waals surface area contributed by atoms with Crippen molar-refractivity contribution in [3.05, 3.63) is 23.3 Å². The normalized spacial score (nSPS) is 32.2. The van der Waals surface area contributed by atoms with Crippen molar-refractivity contribution in [3.63, 3.8) is 0 Å². The highest BCUT2D eigenvalue weighted by Gasteiger charge is 2.51. The minimum atomic E-state index is 0.344. The zero-order valence-corrected chi connectivity index (χ0v) is 14.4. The molecule has 20 heavy (non-hydrogen) atoms. The van der Waals surface area contributed by atoms with Crippen LogP contribution in [0.2, 0.25) is 0 Å². The molecule has 1 heteroatoms. The van der Waals surface area contributed by atoms with Gasteiger partial charge in [-0.2, -0.15) is 0 Å². The highest BCUT2D eigenvalue weighted by Crippen LogP contribution is 2.58. The molecule has 1 nitrogen and oxygen atoms in total. The predicted octanol–water partition coefficient (Wildman–Crippen LogP) is 5.57. The Kier molecular flexibility index (Phi) is 3.77. The Hall–Kier alpha value is -0.850. The van der Waals surface area contributed by atoms with Crippen molar-refractivity contribution in [1.82, 2.24) is 0 Å². The first-order valence-corrected chi connectivity index (χ1v) is 8.07. The molecule has 0 aromatic rings. The summed E-state index contributed by atoms with van der Waals surface area (Å²) in [6.45, 7) is 20.7. The summed E-state index contributed by atoms with van der Waals surface area (Å²) in [6, 6.07) is 0.411. The van der Waals surface area contributed by atoms with Crippen molar-refractivity contribution in [2.75, 3.05) is 0 Å². The van der Waals surface area contributed by atoms with Crippen LogP contribution in [-0.4, -0.2) is 11.8 Å². The second-order valence-corrected chi connectivity index (χ2v) is 7.83. The average molecular weight is 273 g/mol. The van der Waals surface area contributed by atoms with Crippen molar-refractivity contribution < 1.29 is 0 Å². The van der Waals surface area contributed by atoms with E-state index >= 15 is 0 Å². The predicted molar refractivity (Wildman–Crippen MR) is 89.3 cm³/mol. The van der Waals surface area contributed by atoms with Gasteiger partial charge >= 0.3 is 0 Å². The number of allylic oxidation sites excluding steroid dienone is 2. The van der Waals surface area contributed by atoms with Crippen LogP contribution in [0.4, 0.5) is 0 Å². The Morgan fingerprint density at radius 2 is 2.00 bits per heavy atom. The monoisotopic (exact) mass is 273 g/mol. The highest BCUT2D eigenvalue weighted by atomic mass is 14.8. The Balaban J connectivity index is 2.39. The first kappa shape index (κ1) is 15.5. The number of hydrogen-bond acceptors (Lipinski definition) is 1. The van der Waals surface area contributed by atoms with Crippen LogP contribution in [0.25, 0.3) is 0 Å². The van der Waals surface area contributed by atoms with E-state index in [2.05, 4.69) is 55.0 Å². The third-order valence-corrected chi connectivity index (χ3v) is 6.75. The largest absolute Gasteiger partial charge is 0.282 e. The molecule has 1 saturated carbocycles. The first-order valence-electron chi connectivity index (χ1n) is 8.07. The second kappa shape index (κ2) is 4.86. The van der Waals surface area contributed by atoms with Gasteiger partial charge in [0.2, 0.25) is 0 Å². The zero-order valence-electron chi connectivity index (χ0n) is 14.4. The van der Waals surface area contributed by atoms with E-state index in [0.29, 0.717) is 16.9 Å². The highest BCUT2D eigenvalue weighted by molar-refractivity contribution is 6.03. The zero-order chi connectivity index (χ0) is 15.3. The molecule has 1 heterocycles. The van der Waals surface area contributed by atoms with Crippen LogP contribution in [0.5, 0.6) is 0 Å². The first-order chi connectivity index (χ1) is 9.14. The lowest BCUT2D eigenvalue weighted by atomic mass is 9.59. The molecule has 3 unspecified atom stereocenters. The van der Waals surface area contributed by atoms with Gasteiger partial charge in [-0.05, 0) is 60.2 Å². The van der Waals surface area contributed by atoms with Crippen molar-refractivity contribution in [2.24, 2.45) is 21.7 Å². The average Bonchev–Trinajstić information content (AvgIpc) is 2.73. The molecule has 1 aliphatic carbocycles. The summed E-state index contributed by atoms with van der Waals surface area (Å²) < 4.78 is 0. The van der Waals surface area contributed by atoms with Gasteiger partial charge < -0.3 is 0 Å². The number of dihydropyridines is 1. The SMILES string of the molecule is C=C1C(C)=NC2CC(C)(C(C)(C)C(C)CC)CC2=C1C. The summed E-state index contributed by atoms with van der Waals surface area (Å²) in [5.74, 6) is 0.738. The van der Waals surface area contributed by atoms with Crippen LogP contribution in [0.1, 0.15) is 67.7 Å². The van der Waals surface area contributed by atoms with Gasteiger partial charge in [-0.1, -0.05) is 47.6 Å². The van der Waals surface area contributed by atoms with E-state index in [-0.39, 0.29) is 0 Å². The molecule has 1 fully saturated rings. The third kappa shape index (κ3) is 2.10. The van der Waals surface area contributed by atoms with E-state index in [1.54, 1.807) is 5.57 Å². The van der Waals surface area contributed by atoms with E-state index in [4.69, 9.17) is 4.99 Å². The Morgan fingerprint density at radius 3 is 2.55 bits per heavy atom. The van der Waals surface area contributed by atoms with Gasteiger partial charge in [-0.25, -0.2) is 0 Å². The molecule has 2 aliphatic rings. The maximum Gasteiger partial charge on any atom is 0.0723 e. The molecule has 0 spiro atoms. The summed E-state index contributed by atoms with van der Waals surface area (Å²) >= 11 is 0. The topological polar surface area (TPSA) is 12.4 Å².